The highest BCUT2D eigenvalue weighted by molar-refractivity contribution is 5.57. The van der Waals surface area contributed by atoms with Crippen LogP contribution in [0.5, 0.6) is 0 Å². The number of para-hydroxylation sites is 1. The molecule has 108 valence electrons. The van der Waals surface area contributed by atoms with Crippen LogP contribution in [-0.4, -0.2) is 24.5 Å². The fourth-order valence-corrected chi connectivity index (χ4v) is 2.39. The second-order valence-electron chi connectivity index (χ2n) is 4.75. The number of benzene rings is 1. The van der Waals surface area contributed by atoms with E-state index in [9.17, 15) is 4.79 Å². The van der Waals surface area contributed by atoms with Crippen LogP contribution >= 0.6 is 0 Å². The van der Waals surface area contributed by atoms with Gasteiger partial charge in [-0.3, -0.25) is 4.68 Å². The summed E-state index contributed by atoms with van der Waals surface area (Å²) in [7, 11) is 0. The van der Waals surface area contributed by atoms with Gasteiger partial charge in [0.1, 0.15) is 0 Å². The van der Waals surface area contributed by atoms with E-state index in [1.165, 1.54) is 0 Å². The first kappa shape index (κ1) is 13.4. The molecule has 1 N–H and O–H groups in total. The van der Waals surface area contributed by atoms with E-state index in [-0.39, 0.29) is 5.69 Å². The molecule has 6 heteroatoms. The molecule has 0 radical (unpaired) electrons. The Kier molecular flexibility index (Phi) is 3.43. The Hall–Kier alpha value is -2.63. The normalized spacial score (nSPS) is 11.0. The molecule has 0 bridgehead atoms. The number of hydrogen-bond acceptors (Lipinski definition) is 3. The zero-order valence-corrected chi connectivity index (χ0v) is 12.1. The Labute approximate surface area is 122 Å². The molecule has 1 aromatic carbocycles. The second-order valence-corrected chi connectivity index (χ2v) is 4.75. The molecule has 0 amide bonds. The molecular formula is C15H17N5O. The lowest BCUT2D eigenvalue weighted by Gasteiger charge is -2.09. The molecule has 6 nitrogen and oxygen atoms in total. The van der Waals surface area contributed by atoms with E-state index in [1.807, 2.05) is 42.1 Å². The fraction of sp³-hybridized carbons (Fsp3) is 0.267. The SMILES string of the molecule is CCc1ccccc1-n1c(-c2cnn(CC)c2)n[nH]c1=O. The molecule has 0 atom stereocenters. The molecule has 0 aliphatic heterocycles. The van der Waals surface area contributed by atoms with E-state index in [0.717, 1.165) is 29.8 Å². The van der Waals surface area contributed by atoms with E-state index in [1.54, 1.807) is 10.8 Å². The molecule has 0 spiro atoms. The van der Waals surface area contributed by atoms with Crippen molar-refractivity contribution in [2.24, 2.45) is 0 Å². The molecule has 2 heterocycles. The minimum Gasteiger partial charge on any atom is -0.272 e. The van der Waals surface area contributed by atoms with Gasteiger partial charge in [-0.25, -0.2) is 14.5 Å². The standard InChI is InChI=1S/C15H17N5O/c1-3-11-7-5-6-8-13(11)20-14(17-18-15(20)21)12-9-16-19(4-2)10-12/h5-10H,3-4H2,1-2H3,(H,18,21). The molecule has 3 aromatic rings. The van der Waals surface area contributed by atoms with E-state index in [0.29, 0.717) is 5.82 Å². The van der Waals surface area contributed by atoms with Crippen molar-refractivity contribution in [3.63, 3.8) is 0 Å². The first-order chi connectivity index (χ1) is 10.2. The second kappa shape index (κ2) is 5.40. The largest absolute Gasteiger partial charge is 0.348 e. The van der Waals surface area contributed by atoms with Crippen molar-refractivity contribution in [1.82, 2.24) is 24.5 Å². The lowest BCUT2D eigenvalue weighted by Crippen LogP contribution is -2.17. The van der Waals surface area contributed by atoms with Gasteiger partial charge >= 0.3 is 5.69 Å². The third-order valence-corrected chi connectivity index (χ3v) is 3.50. The van der Waals surface area contributed by atoms with Gasteiger partial charge in [0.05, 0.1) is 17.4 Å². The number of aromatic nitrogens is 5. The first-order valence-electron chi connectivity index (χ1n) is 7.03. The zero-order valence-electron chi connectivity index (χ0n) is 12.1. The van der Waals surface area contributed by atoms with Gasteiger partial charge in [-0.05, 0) is 25.0 Å². The summed E-state index contributed by atoms with van der Waals surface area (Å²) >= 11 is 0. The van der Waals surface area contributed by atoms with E-state index >= 15 is 0 Å². The Morgan fingerprint density at radius 3 is 2.76 bits per heavy atom. The number of hydrogen-bond donors (Lipinski definition) is 1. The average Bonchev–Trinajstić information content (AvgIpc) is 3.13. The molecule has 0 aliphatic rings. The van der Waals surface area contributed by atoms with E-state index < -0.39 is 0 Å². The Morgan fingerprint density at radius 2 is 2.05 bits per heavy atom. The molecule has 0 fully saturated rings. The van der Waals surface area contributed by atoms with Gasteiger partial charge in [0.15, 0.2) is 5.82 Å². The van der Waals surface area contributed by atoms with Gasteiger partial charge in [-0.15, -0.1) is 0 Å². The summed E-state index contributed by atoms with van der Waals surface area (Å²) in [5, 5.41) is 10.9. The van der Waals surface area contributed by atoms with Crippen LogP contribution in [0.2, 0.25) is 0 Å². The monoisotopic (exact) mass is 283 g/mol. The molecule has 21 heavy (non-hydrogen) atoms. The van der Waals surface area contributed by atoms with Crippen LogP contribution in [0.15, 0.2) is 41.5 Å². The number of nitrogens with zero attached hydrogens (tertiary/aromatic N) is 4. The zero-order chi connectivity index (χ0) is 14.8. The number of nitrogens with one attached hydrogen (secondary N) is 1. The Bertz CT molecular complexity index is 811. The summed E-state index contributed by atoms with van der Waals surface area (Å²) in [5.74, 6) is 0.584. The fourth-order valence-electron chi connectivity index (χ4n) is 2.39. The maximum atomic E-state index is 12.2. The van der Waals surface area contributed by atoms with Crippen molar-refractivity contribution in [2.75, 3.05) is 0 Å². The number of H-pyrrole nitrogens is 1. The van der Waals surface area contributed by atoms with Crippen LogP contribution in [-0.2, 0) is 13.0 Å². The third-order valence-electron chi connectivity index (χ3n) is 3.50. The summed E-state index contributed by atoms with van der Waals surface area (Å²) in [6.45, 7) is 4.86. The van der Waals surface area contributed by atoms with Gasteiger partial charge in [0.25, 0.3) is 0 Å². The molecule has 0 aliphatic carbocycles. The van der Waals surface area contributed by atoms with Crippen molar-refractivity contribution in [2.45, 2.75) is 26.8 Å². The quantitative estimate of drug-likeness (QED) is 0.796. The van der Waals surface area contributed by atoms with Gasteiger partial charge in [-0.2, -0.15) is 10.2 Å². The maximum Gasteiger partial charge on any atom is 0.348 e. The number of aromatic amines is 1. The van der Waals surface area contributed by atoms with Crippen molar-refractivity contribution in [3.05, 3.63) is 52.7 Å². The highest BCUT2D eigenvalue weighted by Gasteiger charge is 2.15. The summed E-state index contributed by atoms with van der Waals surface area (Å²) < 4.78 is 3.42. The van der Waals surface area contributed by atoms with Gasteiger partial charge in [0.2, 0.25) is 0 Å². The Morgan fingerprint density at radius 1 is 1.24 bits per heavy atom. The van der Waals surface area contributed by atoms with Crippen molar-refractivity contribution in [1.29, 1.82) is 0 Å². The Balaban J connectivity index is 2.19. The maximum absolute atomic E-state index is 12.2. The molecular weight excluding hydrogens is 266 g/mol. The van der Waals surface area contributed by atoms with Crippen LogP contribution < -0.4 is 5.69 Å². The van der Waals surface area contributed by atoms with Crippen LogP contribution in [0.3, 0.4) is 0 Å². The van der Waals surface area contributed by atoms with Crippen LogP contribution in [0.1, 0.15) is 19.4 Å². The minimum absolute atomic E-state index is 0.241. The molecule has 0 saturated carbocycles. The smallest absolute Gasteiger partial charge is 0.272 e. The van der Waals surface area contributed by atoms with Crippen molar-refractivity contribution >= 4 is 0 Å². The van der Waals surface area contributed by atoms with Gasteiger partial charge < -0.3 is 0 Å². The highest BCUT2D eigenvalue weighted by Crippen LogP contribution is 2.21. The number of rotatable bonds is 4. The van der Waals surface area contributed by atoms with Crippen LogP contribution in [0.25, 0.3) is 17.1 Å². The predicted molar refractivity (Wildman–Crippen MR) is 80.5 cm³/mol. The van der Waals surface area contributed by atoms with Crippen molar-refractivity contribution in [3.8, 4) is 17.1 Å². The minimum atomic E-state index is -0.241. The topological polar surface area (TPSA) is 68.5 Å². The van der Waals surface area contributed by atoms with Crippen LogP contribution in [0, 0.1) is 0 Å². The first-order valence-corrected chi connectivity index (χ1v) is 7.03. The van der Waals surface area contributed by atoms with E-state index in [4.69, 9.17) is 0 Å². The summed E-state index contributed by atoms with van der Waals surface area (Å²) in [6, 6.07) is 7.85. The predicted octanol–water partition coefficient (Wildman–Crippen LogP) is 2.01. The molecule has 3 rings (SSSR count). The van der Waals surface area contributed by atoms with E-state index in [2.05, 4.69) is 22.2 Å². The number of aryl methyl sites for hydroxylation is 2. The summed E-state index contributed by atoms with van der Waals surface area (Å²) in [4.78, 5) is 12.2. The van der Waals surface area contributed by atoms with Crippen LogP contribution in [0.4, 0.5) is 0 Å². The lowest BCUT2D eigenvalue weighted by atomic mass is 10.1. The highest BCUT2D eigenvalue weighted by atomic mass is 16.1. The van der Waals surface area contributed by atoms with Gasteiger partial charge in [-0.1, -0.05) is 25.1 Å². The summed E-state index contributed by atoms with van der Waals surface area (Å²) in [5.41, 5.74) is 2.54. The molecule has 0 saturated heterocycles. The average molecular weight is 283 g/mol. The van der Waals surface area contributed by atoms with Gasteiger partial charge in [0, 0.05) is 12.7 Å². The van der Waals surface area contributed by atoms with Crippen molar-refractivity contribution < 1.29 is 0 Å². The lowest BCUT2D eigenvalue weighted by molar-refractivity contribution is 0.660. The third kappa shape index (κ3) is 2.29. The summed E-state index contributed by atoms with van der Waals surface area (Å²) in [6.07, 6.45) is 4.46. The molecule has 0 unspecified atom stereocenters. The molecule has 2 aromatic heterocycles.